The summed E-state index contributed by atoms with van der Waals surface area (Å²) in [7, 11) is 0. The second-order valence-electron chi connectivity index (χ2n) is 10.2. The van der Waals surface area contributed by atoms with E-state index in [1.165, 1.54) is 0 Å². The third-order valence-electron chi connectivity index (χ3n) is 6.83. The number of hydrogen-bond acceptors (Lipinski definition) is 6. The molecule has 0 aliphatic carbocycles. The summed E-state index contributed by atoms with van der Waals surface area (Å²) < 4.78 is 0. The van der Waals surface area contributed by atoms with Crippen molar-refractivity contribution in [3.63, 3.8) is 0 Å². The molecule has 5 atom stereocenters. The number of benzene rings is 1. The molecule has 12 nitrogen and oxygen atoms in total. The van der Waals surface area contributed by atoms with E-state index in [2.05, 4.69) is 20.9 Å². The maximum Gasteiger partial charge on any atom is 0.326 e. The first kappa shape index (κ1) is 31.3. The SMILES string of the molecule is CCC(C)C(N)C(=O)NC(C(=O)NC(CCC(N)=O)C(=O)NC(Cc1c[nH]c2ccccc12)C(=O)O)C(C)C. The molecule has 0 spiro atoms. The van der Waals surface area contributed by atoms with Gasteiger partial charge in [-0.2, -0.15) is 0 Å². The number of primary amides is 1. The summed E-state index contributed by atoms with van der Waals surface area (Å²) in [5.74, 6) is -4.37. The molecule has 0 bridgehead atoms. The molecule has 5 unspecified atom stereocenters. The Morgan fingerprint density at radius 2 is 1.59 bits per heavy atom. The Labute approximate surface area is 227 Å². The van der Waals surface area contributed by atoms with Crippen molar-refractivity contribution in [3.8, 4) is 0 Å². The third-order valence-corrected chi connectivity index (χ3v) is 6.83. The van der Waals surface area contributed by atoms with Crippen LogP contribution in [-0.2, 0) is 30.4 Å². The van der Waals surface area contributed by atoms with Crippen LogP contribution in [0.3, 0.4) is 0 Å². The molecule has 0 radical (unpaired) electrons. The van der Waals surface area contributed by atoms with Crippen LogP contribution in [0.4, 0.5) is 0 Å². The Morgan fingerprint density at radius 3 is 2.18 bits per heavy atom. The number of aromatic amines is 1. The summed E-state index contributed by atoms with van der Waals surface area (Å²) in [5.41, 5.74) is 12.8. The predicted octanol–water partition coefficient (Wildman–Crippen LogP) is 0.544. The Balaban J connectivity index is 2.19. The van der Waals surface area contributed by atoms with Crippen LogP contribution < -0.4 is 27.4 Å². The van der Waals surface area contributed by atoms with E-state index in [0.29, 0.717) is 12.0 Å². The number of carbonyl (C=O) groups is 5. The van der Waals surface area contributed by atoms with Crippen LogP contribution >= 0.6 is 0 Å². The Hall–Kier alpha value is -3.93. The zero-order chi connectivity index (χ0) is 29.3. The van der Waals surface area contributed by atoms with Crippen molar-refractivity contribution in [3.05, 3.63) is 36.0 Å². The van der Waals surface area contributed by atoms with Gasteiger partial charge in [0, 0.05) is 29.9 Å². The lowest BCUT2D eigenvalue weighted by molar-refractivity contribution is -0.142. The average molecular weight is 545 g/mol. The van der Waals surface area contributed by atoms with Gasteiger partial charge in [-0.05, 0) is 29.9 Å². The lowest BCUT2D eigenvalue weighted by Gasteiger charge is -2.27. The molecular formula is C27H40N6O6. The van der Waals surface area contributed by atoms with Crippen LogP contribution in [0.15, 0.2) is 30.5 Å². The van der Waals surface area contributed by atoms with Gasteiger partial charge in [-0.15, -0.1) is 0 Å². The number of aromatic nitrogens is 1. The van der Waals surface area contributed by atoms with Crippen LogP contribution in [0.1, 0.15) is 52.5 Å². The number of H-pyrrole nitrogens is 1. The minimum Gasteiger partial charge on any atom is -0.480 e. The van der Waals surface area contributed by atoms with E-state index in [1.54, 1.807) is 20.0 Å². The van der Waals surface area contributed by atoms with E-state index >= 15 is 0 Å². The monoisotopic (exact) mass is 544 g/mol. The van der Waals surface area contributed by atoms with Gasteiger partial charge in [0.25, 0.3) is 0 Å². The number of rotatable bonds is 15. The number of nitrogens with two attached hydrogens (primary N) is 2. The maximum absolute atomic E-state index is 13.2. The number of carboxylic acids is 1. The Morgan fingerprint density at radius 1 is 0.949 bits per heavy atom. The fourth-order valence-electron chi connectivity index (χ4n) is 4.11. The molecule has 214 valence electrons. The molecular weight excluding hydrogens is 504 g/mol. The number of nitrogens with one attached hydrogen (secondary N) is 4. The highest BCUT2D eigenvalue weighted by Crippen LogP contribution is 2.19. The molecule has 1 aromatic heterocycles. The molecule has 2 rings (SSSR count). The molecule has 1 aromatic carbocycles. The van der Waals surface area contributed by atoms with Crippen LogP contribution in [0.2, 0.25) is 0 Å². The van der Waals surface area contributed by atoms with E-state index in [-0.39, 0.29) is 31.1 Å². The van der Waals surface area contributed by atoms with Crippen LogP contribution in [0, 0.1) is 11.8 Å². The Kier molecular flexibility index (Phi) is 11.5. The second kappa shape index (κ2) is 14.3. The number of amides is 4. The summed E-state index contributed by atoms with van der Waals surface area (Å²) in [6, 6.07) is 2.94. The standard InChI is InChI=1S/C27H40N6O6/c1-5-15(4)22(29)25(36)33-23(14(2)3)26(37)31-19(10-11-21(28)34)24(35)32-20(27(38)39)12-16-13-30-18-9-7-6-8-17(16)18/h6-9,13-15,19-20,22-23,30H,5,10-12,29H2,1-4H3,(H2,28,34)(H,31,37)(H,32,35)(H,33,36)(H,38,39). The van der Waals surface area contributed by atoms with Crippen molar-refractivity contribution in [1.82, 2.24) is 20.9 Å². The number of fused-ring (bicyclic) bond motifs is 1. The van der Waals surface area contributed by atoms with Gasteiger partial charge < -0.3 is 37.5 Å². The fraction of sp³-hybridized carbons (Fsp3) is 0.519. The van der Waals surface area contributed by atoms with E-state index in [9.17, 15) is 29.1 Å². The topological polar surface area (TPSA) is 209 Å². The summed E-state index contributed by atoms with van der Waals surface area (Å²) in [6.07, 6.45) is 1.96. The lowest BCUT2D eigenvalue weighted by atomic mass is 9.97. The highest BCUT2D eigenvalue weighted by atomic mass is 16.4. The largest absolute Gasteiger partial charge is 0.480 e. The zero-order valence-electron chi connectivity index (χ0n) is 22.8. The van der Waals surface area contributed by atoms with Gasteiger partial charge in [0.05, 0.1) is 6.04 Å². The number of hydrogen-bond donors (Lipinski definition) is 7. The van der Waals surface area contributed by atoms with E-state index in [0.717, 1.165) is 10.9 Å². The summed E-state index contributed by atoms with van der Waals surface area (Å²) >= 11 is 0. The Bertz CT molecular complexity index is 1180. The quantitative estimate of drug-likeness (QED) is 0.169. The number of carbonyl (C=O) groups excluding carboxylic acids is 4. The molecule has 9 N–H and O–H groups in total. The minimum absolute atomic E-state index is 0.0141. The van der Waals surface area contributed by atoms with Gasteiger partial charge in [0.2, 0.25) is 23.6 Å². The second-order valence-corrected chi connectivity index (χ2v) is 10.2. The van der Waals surface area contributed by atoms with Crippen molar-refractivity contribution in [1.29, 1.82) is 0 Å². The first-order chi connectivity index (χ1) is 18.3. The number of aliphatic carboxylic acids is 1. The average Bonchev–Trinajstić information content (AvgIpc) is 3.30. The molecule has 0 fully saturated rings. The van der Waals surface area contributed by atoms with Gasteiger partial charge in [0.1, 0.15) is 18.1 Å². The van der Waals surface area contributed by atoms with Crippen LogP contribution in [0.5, 0.6) is 0 Å². The molecule has 0 saturated carbocycles. The number of carboxylic acid groups (broad SMARTS) is 1. The van der Waals surface area contributed by atoms with Gasteiger partial charge in [-0.1, -0.05) is 52.3 Å². The summed E-state index contributed by atoms with van der Waals surface area (Å²) in [4.78, 5) is 65.5. The fourth-order valence-corrected chi connectivity index (χ4v) is 4.11. The smallest absolute Gasteiger partial charge is 0.326 e. The van der Waals surface area contributed by atoms with E-state index in [4.69, 9.17) is 11.5 Å². The lowest BCUT2D eigenvalue weighted by Crippen LogP contribution is -2.59. The summed E-state index contributed by atoms with van der Waals surface area (Å²) in [6.45, 7) is 7.17. The van der Waals surface area contributed by atoms with Crippen molar-refractivity contribution >= 4 is 40.5 Å². The van der Waals surface area contributed by atoms with E-state index < -0.39 is 53.8 Å². The zero-order valence-corrected chi connectivity index (χ0v) is 22.8. The first-order valence-electron chi connectivity index (χ1n) is 13.1. The minimum atomic E-state index is -1.31. The van der Waals surface area contributed by atoms with Gasteiger partial charge in [0.15, 0.2) is 0 Å². The van der Waals surface area contributed by atoms with Crippen molar-refractivity contribution in [2.45, 2.75) is 77.5 Å². The van der Waals surface area contributed by atoms with Gasteiger partial charge >= 0.3 is 5.97 Å². The van der Waals surface area contributed by atoms with E-state index in [1.807, 2.05) is 38.1 Å². The third kappa shape index (κ3) is 8.81. The van der Waals surface area contributed by atoms with Crippen molar-refractivity contribution in [2.75, 3.05) is 0 Å². The highest BCUT2D eigenvalue weighted by molar-refractivity contribution is 5.94. The molecule has 0 aliphatic rings. The molecule has 4 amide bonds. The first-order valence-corrected chi connectivity index (χ1v) is 13.1. The van der Waals surface area contributed by atoms with Crippen LogP contribution in [0.25, 0.3) is 10.9 Å². The molecule has 0 saturated heterocycles. The molecule has 1 heterocycles. The van der Waals surface area contributed by atoms with Crippen LogP contribution in [-0.4, -0.2) is 63.9 Å². The normalized spacial score (nSPS) is 15.1. The number of para-hydroxylation sites is 1. The highest BCUT2D eigenvalue weighted by Gasteiger charge is 2.32. The summed E-state index contributed by atoms with van der Waals surface area (Å²) in [5, 5.41) is 18.3. The molecule has 0 aliphatic heterocycles. The van der Waals surface area contributed by atoms with Gasteiger partial charge in [-0.25, -0.2) is 4.79 Å². The van der Waals surface area contributed by atoms with Crippen molar-refractivity contribution in [2.24, 2.45) is 23.3 Å². The molecule has 2 aromatic rings. The molecule has 12 heteroatoms. The van der Waals surface area contributed by atoms with Gasteiger partial charge in [-0.3, -0.25) is 19.2 Å². The maximum atomic E-state index is 13.2. The predicted molar refractivity (Wildman–Crippen MR) is 146 cm³/mol. The molecule has 39 heavy (non-hydrogen) atoms. The van der Waals surface area contributed by atoms with Crippen molar-refractivity contribution < 1.29 is 29.1 Å².